The van der Waals surface area contributed by atoms with Gasteiger partial charge in [0, 0.05) is 0 Å². The lowest BCUT2D eigenvalue weighted by Crippen LogP contribution is -1.96. The Bertz CT molecular complexity index is 246. The molecule has 62 valence electrons. The Morgan fingerprint density at radius 3 is 1.67 bits per heavy atom. The summed E-state index contributed by atoms with van der Waals surface area (Å²) < 4.78 is 0. The summed E-state index contributed by atoms with van der Waals surface area (Å²) in [5.41, 5.74) is 3.09. The van der Waals surface area contributed by atoms with Crippen molar-refractivity contribution in [3.05, 3.63) is 47.6 Å². The first-order valence-electron chi connectivity index (χ1n) is 4.70. The molecule has 0 spiro atoms. The van der Waals surface area contributed by atoms with Crippen molar-refractivity contribution in [3.8, 4) is 0 Å². The number of hydrogen-bond donors (Lipinski definition) is 0. The molecule has 2 aliphatic rings. The van der Waals surface area contributed by atoms with E-state index in [1.165, 1.54) is 25.7 Å². The van der Waals surface area contributed by atoms with E-state index in [4.69, 9.17) is 0 Å². The average Bonchev–Trinajstić information content (AvgIpc) is 2.06. The molecule has 0 saturated carbocycles. The highest BCUT2D eigenvalue weighted by molar-refractivity contribution is 5.39. The zero-order valence-corrected chi connectivity index (χ0v) is 7.29. The van der Waals surface area contributed by atoms with Gasteiger partial charge in [-0.25, -0.2) is 0 Å². The van der Waals surface area contributed by atoms with E-state index in [0.717, 1.165) is 0 Å². The molecule has 2 aliphatic carbocycles. The van der Waals surface area contributed by atoms with E-state index in [9.17, 15) is 0 Å². The monoisotopic (exact) mass is 158 g/mol. The van der Waals surface area contributed by atoms with Crippen LogP contribution in [0.1, 0.15) is 25.7 Å². The van der Waals surface area contributed by atoms with Crippen molar-refractivity contribution in [2.24, 2.45) is 0 Å². The van der Waals surface area contributed by atoms with Gasteiger partial charge in [0.2, 0.25) is 0 Å². The minimum atomic E-state index is 1.27. The first-order valence-corrected chi connectivity index (χ1v) is 4.70. The van der Waals surface area contributed by atoms with Gasteiger partial charge in [-0.2, -0.15) is 0 Å². The minimum Gasteiger partial charge on any atom is -0.0623 e. The minimum absolute atomic E-state index is 1.27. The fourth-order valence-electron chi connectivity index (χ4n) is 1.80. The highest BCUT2D eigenvalue weighted by atomic mass is 14.1. The number of rotatable bonds is 0. The Kier molecular flexibility index (Phi) is 2.26. The molecule has 0 aromatic rings. The predicted octanol–water partition coefficient (Wildman–Crippen LogP) is 3.54. The first kappa shape index (κ1) is 7.60. The number of allylic oxidation sites excluding steroid dienone is 8. The van der Waals surface area contributed by atoms with Crippen LogP contribution in [0, 0.1) is 0 Å². The third-order valence-electron chi connectivity index (χ3n) is 2.48. The van der Waals surface area contributed by atoms with Gasteiger partial charge in [0.15, 0.2) is 0 Å². The average molecular weight is 158 g/mol. The molecular weight excluding hydrogens is 144 g/mol. The van der Waals surface area contributed by atoms with Crippen molar-refractivity contribution in [2.75, 3.05) is 0 Å². The highest BCUT2D eigenvalue weighted by Crippen LogP contribution is 2.26. The van der Waals surface area contributed by atoms with Gasteiger partial charge in [-0.1, -0.05) is 36.5 Å². The summed E-state index contributed by atoms with van der Waals surface area (Å²) in [4.78, 5) is 0. The van der Waals surface area contributed by atoms with Crippen molar-refractivity contribution in [2.45, 2.75) is 25.7 Å². The van der Waals surface area contributed by atoms with Gasteiger partial charge in [0.1, 0.15) is 0 Å². The normalized spacial score (nSPS) is 22.0. The van der Waals surface area contributed by atoms with Crippen LogP contribution in [0.2, 0.25) is 0 Å². The predicted molar refractivity (Wildman–Crippen MR) is 52.9 cm³/mol. The van der Waals surface area contributed by atoms with E-state index in [0.29, 0.717) is 0 Å². The number of hydrogen-bond acceptors (Lipinski definition) is 0. The van der Waals surface area contributed by atoms with Crippen LogP contribution < -0.4 is 0 Å². The molecule has 0 atom stereocenters. The molecular formula is C12H14. The van der Waals surface area contributed by atoms with Crippen molar-refractivity contribution in [3.63, 3.8) is 0 Å². The fraction of sp³-hybridized carbons (Fsp3) is 0.333. The van der Waals surface area contributed by atoms with Crippen LogP contribution in [-0.2, 0) is 0 Å². The van der Waals surface area contributed by atoms with Crippen molar-refractivity contribution >= 4 is 0 Å². The lowest BCUT2D eigenvalue weighted by atomic mass is 9.90. The Labute approximate surface area is 74.0 Å². The van der Waals surface area contributed by atoms with Crippen LogP contribution in [0.5, 0.6) is 0 Å². The third-order valence-corrected chi connectivity index (χ3v) is 2.48. The molecule has 0 bridgehead atoms. The van der Waals surface area contributed by atoms with Crippen LogP contribution in [-0.4, -0.2) is 0 Å². The Morgan fingerprint density at radius 2 is 1.17 bits per heavy atom. The molecule has 0 N–H and O–H groups in total. The van der Waals surface area contributed by atoms with Crippen LogP contribution in [0.25, 0.3) is 0 Å². The molecule has 0 aromatic heterocycles. The second-order valence-electron chi connectivity index (χ2n) is 3.36. The third kappa shape index (κ3) is 1.58. The van der Waals surface area contributed by atoms with E-state index >= 15 is 0 Å². The van der Waals surface area contributed by atoms with Crippen LogP contribution in [0.3, 0.4) is 0 Å². The highest BCUT2D eigenvalue weighted by Gasteiger charge is 2.07. The van der Waals surface area contributed by atoms with Crippen molar-refractivity contribution < 1.29 is 0 Å². The smallest absolute Gasteiger partial charge is 0.0276 e. The van der Waals surface area contributed by atoms with E-state index in [1.807, 2.05) is 0 Å². The Balaban J connectivity index is 2.31. The molecule has 12 heavy (non-hydrogen) atoms. The van der Waals surface area contributed by atoms with Crippen molar-refractivity contribution in [1.29, 1.82) is 0 Å². The SMILES string of the molecule is C1=CC=CC2=C(C=C1)CCCC2. The summed E-state index contributed by atoms with van der Waals surface area (Å²) >= 11 is 0. The zero-order valence-electron chi connectivity index (χ0n) is 7.29. The molecule has 0 amide bonds. The van der Waals surface area contributed by atoms with Crippen LogP contribution in [0.4, 0.5) is 0 Å². The van der Waals surface area contributed by atoms with E-state index in [2.05, 4.69) is 36.5 Å². The van der Waals surface area contributed by atoms with Gasteiger partial charge in [-0.3, -0.25) is 0 Å². The molecule has 0 aliphatic heterocycles. The topological polar surface area (TPSA) is 0 Å². The summed E-state index contributed by atoms with van der Waals surface area (Å²) in [7, 11) is 0. The summed E-state index contributed by atoms with van der Waals surface area (Å²) in [6.45, 7) is 0. The lowest BCUT2D eigenvalue weighted by molar-refractivity contribution is 0.693. The van der Waals surface area contributed by atoms with Crippen LogP contribution >= 0.6 is 0 Å². The van der Waals surface area contributed by atoms with E-state index < -0.39 is 0 Å². The molecule has 0 heterocycles. The standard InChI is InChI=1S/C12H14/c1-2-4-8-12-10-6-5-9-11(12)7-3-1/h1-4,7-8H,5-6,9-10H2. The maximum atomic E-state index is 2.26. The second-order valence-corrected chi connectivity index (χ2v) is 3.36. The van der Waals surface area contributed by atoms with Crippen LogP contribution in [0.15, 0.2) is 47.6 Å². The maximum absolute atomic E-state index is 2.26. The van der Waals surface area contributed by atoms with Crippen molar-refractivity contribution in [1.82, 2.24) is 0 Å². The zero-order chi connectivity index (χ0) is 8.23. The summed E-state index contributed by atoms with van der Waals surface area (Å²) in [6.07, 6.45) is 18.2. The Hall–Kier alpha value is -1.04. The van der Waals surface area contributed by atoms with Gasteiger partial charge < -0.3 is 0 Å². The van der Waals surface area contributed by atoms with Gasteiger partial charge in [0.05, 0.1) is 0 Å². The van der Waals surface area contributed by atoms with E-state index in [1.54, 1.807) is 11.1 Å². The lowest BCUT2D eigenvalue weighted by Gasteiger charge is -2.15. The molecule has 0 fully saturated rings. The maximum Gasteiger partial charge on any atom is -0.0276 e. The van der Waals surface area contributed by atoms with Gasteiger partial charge in [-0.05, 0) is 36.8 Å². The molecule has 0 heteroatoms. The molecule has 2 rings (SSSR count). The molecule has 0 radical (unpaired) electrons. The molecule has 0 aromatic carbocycles. The van der Waals surface area contributed by atoms with Gasteiger partial charge in [0.25, 0.3) is 0 Å². The van der Waals surface area contributed by atoms with Gasteiger partial charge in [-0.15, -0.1) is 0 Å². The quantitative estimate of drug-likeness (QED) is 0.506. The largest absolute Gasteiger partial charge is 0.0623 e. The summed E-state index contributed by atoms with van der Waals surface area (Å²) in [5, 5.41) is 0. The Morgan fingerprint density at radius 1 is 0.667 bits per heavy atom. The molecule has 0 unspecified atom stereocenters. The second kappa shape index (κ2) is 3.57. The fourth-order valence-corrected chi connectivity index (χ4v) is 1.80. The summed E-state index contributed by atoms with van der Waals surface area (Å²) in [6, 6.07) is 0. The van der Waals surface area contributed by atoms with E-state index in [-0.39, 0.29) is 0 Å². The molecule has 0 saturated heterocycles. The van der Waals surface area contributed by atoms with Gasteiger partial charge >= 0.3 is 0 Å². The first-order chi connectivity index (χ1) is 5.97. The molecule has 0 nitrogen and oxygen atoms in total. The summed E-state index contributed by atoms with van der Waals surface area (Å²) in [5.74, 6) is 0.